The van der Waals surface area contributed by atoms with Gasteiger partial charge in [0.05, 0.1) is 11.6 Å². The van der Waals surface area contributed by atoms with E-state index in [1.165, 1.54) is 28.5 Å². The van der Waals surface area contributed by atoms with Gasteiger partial charge in [0.15, 0.2) is 10.0 Å². The van der Waals surface area contributed by atoms with Crippen LogP contribution in [0.5, 0.6) is 0 Å². The van der Waals surface area contributed by atoms with Crippen LogP contribution in [0.1, 0.15) is 56.4 Å². The third kappa shape index (κ3) is 7.07. The Morgan fingerprint density at radius 1 is 1.57 bits per heavy atom. The van der Waals surface area contributed by atoms with E-state index in [1.54, 1.807) is 0 Å². The van der Waals surface area contributed by atoms with Gasteiger partial charge in [-0.15, -0.1) is 17.9 Å². The molecule has 1 amide bonds. The van der Waals surface area contributed by atoms with E-state index in [0.29, 0.717) is 35.9 Å². The number of aliphatic hydroxyl groups is 1. The lowest BCUT2D eigenvalue weighted by molar-refractivity contribution is -0.128. The van der Waals surface area contributed by atoms with Crippen molar-refractivity contribution in [2.24, 2.45) is 0 Å². The van der Waals surface area contributed by atoms with E-state index in [1.807, 2.05) is 30.9 Å². The zero-order chi connectivity index (χ0) is 20.7. The van der Waals surface area contributed by atoms with Gasteiger partial charge < -0.3 is 15.1 Å². The maximum Gasteiger partial charge on any atom is 0.355 e. The van der Waals surface area contributed by atoms with E-state index in [9.17, 15) is 14.7 Å². The predicted octanol–water partition coefficient (Wildman–Crippen LogP) is 3.98. The fourth-order valence-corrected chi connectivity index (χ4v) is 4.77. The van der Waals surface area contributed by atoms with E-state index >= 15 is 0 Å². The molecule has 1 fully saturated rings. The van der Waals surface area contributed by atoms with Crippen LogP contribution in [0.15, 0.2) is 34.0 Å². The third-order valence-electron chi connectivity index (χ3n) is 4.64. The molecule has 0 bridgehead atoms. The first-order valence-electron chi connectivity index (χ1n) is 9.32. The number of thioether (sulfide) groups is 1. The number of likely N-dealkylation sites (tertiary alicyclic amines) is 1. The largest absolute Gasteiger partial charge is 0.476 e. The number of rotatable bonds is 11. The average molecular weight is 425 g/mol. The first kappa shape index (κ1) is 22.6. The molecule has 154 valence electrons. The van der Waals surface area contributed by atoms with E-state index in [-0.39, 0.29) is 17.6 Å². The Morgan fingerprint density at radius 2 is 2.32 bits per heavy atom. The van der Waals surface area contributed by atoms with Crippen LogP contribution in [0.3, 0.4) is 0 Å². The number of carbonyl (C=O) groups is 2. The standard InChI is InChI=1S/C20H28N2O4S2/c1-14(2)8-10-20(3,26)9-4-5-15-6-7-17(23)22(15)11-12-27-19-21-16(13-28-19)18(24)25/h4-5,13,15,26H,1,6-12H2,2-3H3,(H,24,25)/b5-4+/t15-,20?/m0/s1. The zero-order valence-electron chi connectivity index (χ0n) is 16.4. The second-order valence-electron chi connectivity index (χ2n) is 7.43. The fourth-order valence-electron chi connectivity index (χ4n) is 2.96. The first-order valence-corrected chi connectivity index (χ1v) is 11.2. The number of hydrogen-bond acceptors (Lipinski definition) is 6. The smallest absolute Gasteiger partial charge is 0.355 e. The lowest BCUT2D eigenvalue weighted by atomic mass is 9.94. The minimum absolute atomic E-state index is 0.0518. The summed E-state index contributed by atoms with van der Waals surface area (Å²) < 4.78 is 0.699. The van der Waals surface area contributed by atoms with Gasteiger partial charge >= 0.3 is 5.97 Å². The molecule has 0 spiro atoms. The lowest BCUT2D eigenvalue weighted by Gasteiger charge is -2.24. The van der Waals surface area contributed by atoms with Crippen molar-refractivity contribution >= 4 is 35.0 Å². The van der Waals surface area contributed by atoms with E-state index < -0.39 is 11.6 Å². The minimum Gasteiger partial charge on any atom is -0.476 e. The molecule has 28 heavy (non-hydrogen) atoms. The molecule has 0 radical (unpaired) electrons. The fraction of sp³-hybridized carbons (Fsp3) is 0.550. The number of amides is 1. The summed E-state index contributed by atoms with van der Waals surface area (Å²) in [7, 11) is 0. The van der Waals surface area contributed by atoms with E-state index in [4.69, 9.17) is 5.11 Å². The molecule has 1 aromatic heterocycles. The Balaban J connectivity index is 1.82. The molecular formula is C20H28N2O4S2. The first-order chi connectivity index (χ1) is 13.2. The van der Waals surface area contributed by atoms with Crippen LogP contribution in [-0.2, 0) is 4.79 Å². The number of allylic oxidation sites excluding steroid dienone is 1. The SMILES string of the molecule is C=C(C)CCC(C)(O)C/C=C/[C@H]1CCC(=O)N1CCSc1nc(C(=O)O)cs1. The average Bonchev–Trinajstić information content (AvgIpc) is 3.22. The lowest BCUT2D eigenvalue weighted by Crippen LogP contribution is -2.33. The third-order valence-corrected chi connectivity index (χ3v) is 6.64. The van der Waals surface area contributed by atoms with Crippen LogP contribution in [0.25, 0.3) is 0 Å². The van der Waals surface area contributed by atoms with Crippen LogP contribution < -0.4 is 0 Å². The highest BCUT2D eigenvalue weighted by Gasteiger charge is 2.29. The maximum absolute atomic E-state index is 12.2. The number of carboxylic acid groups (broad SMARTS) is 1. The molecule has 0 aliphatic carbocycles. The maximum atomic E-state index is 12.2. The molecule has 6 nitrogen and oxygen atoms in total. The van der Waals surface area contributed by atoms with Gasteiger partial charge in [-0.2, -0.15) is 0 Å². The summed E-state index contributed by atoms with van der Waals surface area (Å²) in [4.78, 5) is 29.0. The Bertz CT molecular complexity index is 742. The van der Waals surface area contributed by atoms with Crippen LogP contribution >= 0.6 is 23.1 Å². The number of aromatic carboxylic acids is 1. The van der Waals surface area contributed by atoms with Gasteiger partial charge in [0.2, 0.25) is 5.91 Å². The van der Waals surface area contributed by atoms with Gasteiger partial charge in [0.1, 0.15) is 0 Å². The predicted molar refractivity (Wildman–Crippen MR) is 113 cm³/mol. The highest BCUT2D eigenvalue weighted by molar-refractivity contribution is 8.01. The minimum atomic E-state index is -1.03. The van der Waals surface area contributed by atoms with Crippen molar-refractivity contribution < 1.29 is 19.8 Å². The Morgan fingerprint density at radius 3 is 2.96 bits per heavy atom. The molecule has 1 saturated heterocycles. The number of aromatic nitrogens is 1. The molecule has 2 atom stereocenters. The number of carboxylic acids is 1. The number of hydrogen-bond donors (Lipinski definition) is 2. The van der Waals surface area contributed by atoms with Crippen molar-refractivity contribution in [3.63, 3.8) is 0 Å². The van der Waals surface area contributed by atoms with Crippen molar-refractivity contribution in [3.8, 4) is 0 Å². The van der Waals surface area contributed by atoms with Crippen molar-refractivity contribution in [2.75, 3.05) is 12.3 Å². The van der Waals surface area contributed by atoms with Crippen molar-refractivity contribution in [1.82, 2.24) is 9.88 Å². The molecule has 1 unspecified atom stereocenters. The van der Waals surface area contributed by atoms with Crippen LogP contribution in [0, 0.1) is 0 Å². The Hall–Kier alpha value is -1.64. The van der Waals surface area contributed by atoms with Gasteiger partial charge in [-0.25, -0.2) is 9.78 Å². The quantitative estimate of drug-likeness (QED) is 0.412. The molecule has 0 saturated carbocycles. The highest BCUT2D eigenvalue weighted by Crippen LogP contribution is 2.26. The summed E-state index contributed by atoms with van der Waals surface area (Å²) in [5.74, 6) is -0.226. The van der Waals surface area contributed by atoms with Gasteiger partial charge in [-0.3, -0.25) is 4.79 Å². The zero-order valence-corrected chi connectivity index (χ0v) is 18.0. The molecule has 0 aromatic carbocycles. The van der Waals surface area contributed by atoms with Gasteiger partial charge in [-0.1, -0.05) is 29.5 Å². The summed E-state index contributed by atoms with van der Waals surface area (Å²) in [6, 6.07) is 0.0518. The summed E-state index contributed by atoms with van der Waals surface area (Å²) in [5, 5.41) is 20.9. The second-order valence-corrected chi connectivity index (χ2v) is 9.63. The molecular weight excluding hydrogens is 396 g/mol. The van der Waals surface area contributed by atoms with Crippen LogP contribution in [0.4, 0.5) is 0 Å². The molecule has 1 aliphatic rings. The van der Waals surface area contributed by atoms with Crippen molar-refractivity contribution in [3.05, 3.63) is 35.4 Å². The number of thiazole rings is 1. The highest BCUT2D eigenvalue weighted by atomic mass is 32.2. The van der Waals surface area contributed by atoms with E-state index in [2.05, 4.69) is 11.6 Å². The number of carbonyl (C=O) groups excluding carboxylic acids is 1. The number of nitrogens with zero attached hydrogens (tertiary/aromatic N) is 2. The molecule has 1 aromatic rings. The molecule has 2 rings (SSSR count). The Kier molecular flexibility index (Phi) is 8.27. The van der Waals surface area contributed by atoms with E-state index in [0.717, 1.165) is 18.4 Å². The van der Waals surface area contributed by atoms with Crippen molar-refractivity contribution in [1.29, 1.82) is 0 Å². The monoisotopic (exact) mass is 424 g/mol. The summed E-state index contributed by atoms with van der Waals surface area (Å²) in [5.41, 5.74) is 0.347. The van der Waals surface area contributed by atoms with Crippen LogP contribution in [-0.4, -0.2) is 55.9 Å². The van der Waals surface area contributed by atoms with Gasteiger partial charge in [-0.05, 0) is 39.5 Å². The van der Waals surface area contributed by atoms with Gasteiger partial charge in [0.25, 0.3) is 0 Å². The molecule has 1 aliphatic heterocycles. The van der Waals surface area contributed by atoms with Gasteiger partial charge in [0, 0.05) is 24.1 Å². The summed E-state index contributed by atoms with van der Waals surface area (Å²) >= 11 is 2.77. The molecule has 8 heteroatoms. The molecule has 2 N–H and O–H groups in total. The topological polar surface area (TPSA) is 90.7 Å². The van der Waals surface area contributed by atoms with Crippen molar-refractivity contribution in [2.45, 2.75) is 61.9 Å². The molecule has 2 heterocycles. The Labute approximate surface area is 174 Å². The second kappa shape index (κ2) is 10.2. The van der Waals surface area contributed by atoms with Crippen LogP contribution in [0.2, 0.25) is 0 Å². The summed E-state index contributed by atoms with van der Waals surface area (Å²) in [6.07, 6.45) is 7.33. The normalized spacial score (nSPS) is 19.3. The summed E-state index contributed by atoms with van der Waals surface area (Å²) in [6.45, 7) is 8.25.